The monoisotopic (exact) mass is 285 g/mol. The molecule has 1 aromatic carbocycles. The van der Waals surface area contributed by atoms with Gasteiger partial charge in [0, 0.05) is 10.6 Å². The highest BCUT2D eigenvalue weighted by molar-refractivity contribution is 6.30. The lowest BCUT2D eigenvalue weighted by Gasteiger charge is -2.10. The summed E-state index contributed by atoms with van der Waals surface area (Å²) in [5.41, 5.74) is 0.156. The highest BCUT2D eigenvalue weighted by atomic mass is 35.5. The molecule has 20 heavy (non-hydrogen) atoms. The van der Waals surface area contributed by atoms with Gasteiger partial charge in [-0.05, 0) is 17.7 Å². The van der Waals surface area contributed by atoms with E-state index in [2.05, 4.69) is 4.98 Å². The van der Waals surface area contributed by atoms with E-state index in [1.54, 1.807) is 24.3 Å². The van der Waals surface area contributed by atoms with E-state index < -0.39 is 5.56 Å². The molecule has 6 heteroatoms. The minimum absolute atomic E-state index is 0.0291. The van der Waals surface area contributed by atoms with E-state index in [0.29, 0.717) is 10.6 Å². The van der Waals surface area contributed by atoms with E-state index in [-0.39, 0.29) is 22.6 Å². The largest absolute Gasteiger partial charge is 0.481 e. The predicted molar refractivity (Wildman–Crippen MR) is 73.5 cm³/mol. The molecular formula is C14H8ClN3O2. The molecule has 0 radical (unpaired) electrons. The van der Waals surface area contributed by atoms with Crippen LogP contribution in [0.1, 0.15) is 11.1 Å². The van der Waals surface area contributed by atoms with Crippen LogP contribution in [0.2, 0.25) is 5.02 Å². The number of benzene rings is 1. The van der Waals surface area contributed by atoms with Crippen LogP contribution in [-0.2, 0) is 0 Å². The summed E-state index contributed by atoms with van der Waals surface area (Å²) in [4.78, 5) is 14.2. The number of nitrogens with zero attached hydrogens (tertiary/aromatic N) is 2. The molecule has 1 heterocycles. The number of nitriles is 2. The van der Waals surface area contributed by atoms with Gasteiger partial charge in [-0.1, -0.05) is 23.7 Å². The molecule has 0 saturated heterocycles. The Morgan fingerprint density at radius 3 is 2.25 bits per heavy atom. The highest BCUT2D eigenvalue weighted by Gasteiger charge is 2.19. The quantitative estimate of drug-likeness (QED) is 0.917. The molecule has 2 rings (SSSR count). The van der Waals surface area contributed by atoms with Crippen molar-refractivity contribution in [2.45, 2.75) is 0 Å². The summed E-state index contributed by atoms with van der Waals surface area (Å²) in [6, 6.07) is 10.3. The topological polar surface area (TPSA) is 89.7 Å². The SMILES string of the molecule is COc1[nH]c(=O)c(C#N)c(-c2ccc(Cl)cc2)c1C#N. The lowest BCUT2D eigenvalue weighted by atomic mass is 9.97. The number of aromatic nitrogens is 1. The normalized spacial score (nSPS) is 9.60. The number of pyridine rings is 1. The standard InChI is InChI=1S/C14H8ClN3O2/c1-20-14-11(7-17)12(10(6-16)13(19)18-14)8-2-4-9(15)5-3-8/h2-5H,1H3,(H,18,19). The minimum atomic E-state index is -0.603. The van der Waals surface area contributed by atoms with Crippen LogP contribution in [0.5, 0.6) is 5.88 Å². The van der Waals surface area contributed by atoms with Crippen LogP contribution in [-0.4, -0.2) is 12.1 Å². The van der Waals surface area contributed by atoms with E-state index >= 15 is 0 Å². The first-order valence-electron chi connectivity index (χ1n) is 5.52. The van der Waals surface area contributed by atoms with E-state index in [0.717, 1.165) is 0 Å². The number of ether oxygens (including phenoxy) is 1. The number of H-pyrrole nitrogens is 1. The van der Waals surface area contributed by atoms with Crippen molar-refractivity contribution in [3.8, 4) is 29.1 Å². The lowest BCUT2D eigenvalue weighted by molar-refractivity contribution is 0.395. The number of halogens is 1. The van der Waals surface area contributed by atoms with Crippen molar-refractivity contribution in [2.24, 2.45) is 0 Å². The van der Waals surface area contributed by atoms with Crippen LogP contribution in [0.15, 0.2) is 29.1 Å². The van der Waals surface area contributed by atoms with Crippen molar-refractivity contribution < 1.29 is 4.74 Å². The van der Waals surface area contributed by atoms with Gasteiger partial charge in [-0.25, -0.2) is 0 Å². The molecule has 0 aliphatic rings. The van der Waals surface area contributed by atoms with Gasteiger partial charge < -0.3 is 4.74 Å². The summed E-state index contributed by atoms with van der Waals surface area (Å²) in [7, 11) is 1.34. The Morgan fingerprint density at radius 2 is 1.75 bits per heavy atom. The predicted octanol–water partition coefficient (Wildman–Crippen LogP) is 2.45. The number of rotatable bonds is 2. The Morgan fingerprint density at radius 1 is 1.15 bits per heavy atom. The van der Waals surface area contributed by atoms with Gasteiger partial charge in [0.25, 0.3) is 5.56 Å². The summed E-state index contributed by atoms with van der Waals surface area (Å²) < 4.78 is 4.99. The van der Waals surface area contributed by atoms with Gasteiger partial charge in [-0.3, -0.25) is 9.78 Å². The van der Waals surface area contributed by atoms with Gasteiger partial charge in [-0.15, -0.1) is 0 Å². The van der Waals surface area contributed by atoms with E-state index in [9.17, 15) is 10.1 Å². The molecule has 0 aliphatic carbocycles. The number of hydrogen-bond donors (Lipinski definition) is 1. The first-order chi connectivity index (χ1) is 9.62. The van der Waals surface area contributed by atoms with Crippen LogP contribution in [0.4, 0.5) is 0 Å². The van der Waals surface area contributed by atoms with Gasteiger partial charge in [0.1, 0.15) is 23.3 Å². The molecule has 0 saturated carbocycles. The average molecular weight is 286 g/mol. The Labute approximate surface area is 119 Å². The van der Waals surface area contributed by atoms with Crippen LogP contribution in [0.3, 0.4) is 0 Å². The molecule has 98 valence electrons. The molecule has 0 bridgehead atoms. The summed E-state index contributed by atoms with van der Waals surface area (Å²) in [5.74, 6) is 0.0291. The van der Waals surface area contributed by atoms with Gasteiger partial charge in [0.05, 0.1) is 7.11 Å². The molecule has 1 N–H and O–H groups in total. The average Bonchev–Trinajstić information content (AvgIpc) is 2.46. The lowest BCUT2D eigenvalue weighted by Crippen LogP contribution is -2.15. The molecule has 0 spiro atoms. The van der Waals surface area contributed by atoms with Gasteiger partial charge >= 0.3 is 0 Å². The second kappa shape index (κ2) is 5.48. The van der Waals surface area contributed by atoms with Crippen molar-refractivity contribution in [1.29, 1.82) is 10.5 Å². The Balaban J connectivity index is 2.89. The molecular weight excluding hydrogens is 278 g/mol. The summed E-state index contributed by atoms with van der Waals surface area (Å²) in [6.07, 6.45) is 0. The second-order valence-corrected chi connectivity index (χ2v) is 4.28. The van der Waals surface area contributed by atoms with Gasteiger partial charge in [-0.2, -0.15) is 10.5 Å². The fraction of sp³-hybridized carbons (Fsp3) is 0.0714. The first kappa shape index (κ1) is 13.7. The highest BCUT2D eigenvalue weighted by Crippen LogP contribution is 2.30. The summed E-state index contributed by atoms with van der Waals surface area (Å²) >= 11 is 5.81. The first-order valence-corrected chi connectivity index (χ1v) is 5.90. The van der Waals surface area contributed by atoms with E-state index in [1.165, 1.54) is 7.11 Å². The van der Waals surface area contributed by atoms with Crippen molar-refractivity contribution in [2.75, 3.05) is 7.11 Å². The Hall–Kier alpha value is -2.76. The van der Waals surface area contributed by atoms with Crippen molar-refractivity contribution >= 4 is 11.6 Å². The number of nitrogens with one attached hydrogen (secondary N) is 1. The van der Waals surface area contributed by atoms with Crippen molar-refractivity contribution in [3.05, 3.63) is 50.8 Å². The van der Waals surface area contributed by atoms with Crippen LogP contribution in [0.25, 0.3) is 11.1 Å². The zero-order valence-electron chi connectivity index (χ0n) is 10.4. The molecule has 0 fully saturated rings. The van der Waals surface area contributed by atoms with Crippen LogP contribution >= 0.6 is 11.6 Å². The van der Waals surface area contributed by atoms with Gasteiger partial charge in [0.2, 0.25) is 5.88 Å². The molecule has 0 amide bonds. The number of aromatic amines is 1. The Kier molecular flexibility index (Phi) is 3.74. The summed E-state index contributed by atoms with van der Waals surface area (Å²) in [6.45, 7) is 0. The molecule has 0 aliphatic heterocycles. The molecule has 1 aromatic heterocycles. The molecule has 2 aromatic rings. The molecule has 0 atom stereocenters. The van der Waals surface area contributed by atoms with Crippen LogP contribution in [0, 0.1) is 22.7 Å². The minimum Gasteiger partial charge on any atom is -0.481 e. The third-order valence-electron chi connectivity index (χ3n) is 2.74. The zero-order chi connectivity index (χ0) is 14.7. The second-order valence-electron chi connectivity index (χ2n) is 3.84. The van der Waals surface area contributed by atoms with Crippen molar-refractivity contribution in [1.82, 2.24) is 4.98 Å². The van der Waals surface area contributed by atoms with Gasteiger partial charge in [0.15, 0.2) is 0 Å². The number of hydrogen-bond acceptors (Lipinski definition) is 4. The molecule has 5 nitrogen and oxygen atoms in total. The maximum atomic E-state index is 11.9. The fourth-order valence-electron chi connectivity index (χ4n) is 1.85. The molecule has 0 unspecified atom stereocenters. The maximum Gasteiger partial charge on any atom is 0.269 e. The maximum absolute atomic E-state index is 11.9. The smallest absolute Gasteiger partial charge is 0.269 e. The Bertz CT molecular complexity index is 795. The fourth-order valence-corrected chi connectivity index (χ4v) is 1.98. The van der Waals surface area contributed by atoms with Crippen molar-refractivity contribution in [3.63, 3.8) is 0 Å². The van der Waals surface area contributed by atoms with Crippen LogP contribution < -0.4 is 10.3 Å². The zero-order valence-corrected chi connectivity index (χ0v) is 11.2. The number of methoxy groups -OCH3 is 1. The summed E-state index contributed by atoms with van der Waals surface area (Å²) in [5, 5.41) is 18.9. The van der Waals surface area contributed by atoms with E-state index in [4.69, 9.17) is 21.6 Å². The van der Waals surface area contributed by atoms with E-state index in [1.807, 2.05) is 12.1 Å². The third kappa shape index (κ3) is 2.23. The third-order valence-corrected chi connectivity index (χ3v) is 2.99.